The third-order valence-electron chi connectivity index (χ3n) is 7.58. The summed E-state index contributed by atoms with van der Waals surface area (Å²) in [6, 6.07) is 9.39. The Labute approximate surface area is 204 Å². The van der Waals surface area contributed by atoms with Crippen LogP contribution in [0.5, 0.6) is 5.75 Å². The number of carbonyl (C=O) groups is 1. The van der Waals surface area contributed by atoms with Crippen LogP contribution in [-0.2, 0) is 17.5 Å². The van der Waals surface area contributed by atoms with Crippen LogP contribution in [0.3, 0.4) is 0 Å². The van der Waals surface area contributed by atoms with Crippen LogP contribution < -0.4 is 10.2 Å². The van der Waals surface area contributed by atoms with Crippen LogP contribution in [0, 0.1) is 11.3 Å². The minimum Gasteiger partial charge on any atom is -0.508 e. The van der Waals surface area contributed by atoms with Gasteiger partial charge in [0.1, 0.15) is 11.6 Å². The van der Waals surface area contributed by atoms with E-state index in [2.05, 4.69) is 24.1 Å². The van der Waals surface area contributed by atoms with E-state index < -0.39 is 17.2 Å². The molecule has 2 N–H and O–H groups in total. The van der Waals surface area contributed by atoms with Gasteiger partial charge in [0.25, 0.3) is 0 Å². The van der Waals surface area contributed by atoms with E-state index in [1.165, 1.54) is 6.20 Å². The van der Waals surface area contributed by atoms with Crippen molar-refractivity contribution < 1.29 is 23.1 Å². The number of hydrogen-bond donors (Lipinski definition) is 2. The van der Waals surface area contributed by atoms with Crippen molar-refractivity contribution in [3.05, 3.63) is 53.7 Å². The van der Waals surface area contributed by atoms with Crippen LogP contribution >= 0.6 is 0 Å². The molecule has 6 nitrogen and oxygen atoms in total. The zero-order valence-electron chi connectivity index (χ0n) is 20.2. The van der Waals surface area contributed by atoms with E-state index in [0.29, 0.717) is 38.5 Å². The Morgan fingerprint density at radius 3 is 2.49 bits per heavy atom. The summed E-state index contributed by atoms with van der Waals surface area (Å²) < 4.78 is 39.2. The third-order valence-corrected chi connectivity index (χ3v) is 7.58. The molecule has 2 aliphatic rings. The van der Waals surface area contributed by atoms with Crippen LogP contribution in [0.4, 0.5) is 19.0 Å². The van der Waals surface area contributed by atoms with Crippen molar-refractivity contribution >= 4 is 11.7 Å². The standard InChI is InChI=1S/C26H33F3N4O2/c1-18(2)25(9-7-21(16-25)31-17-19-3-5-22(34)6-4-19)24(35)33-13-11-32(12-14-33)23-15-20(8-10-30-23)26(27,28)29/h3-6,8,10,15,18,21,31,34H,7,9,11-14,16-17H2,1-2H3/t21-,25+/m1/s1. The summed E-state index contributed by atoms with van der Waals surface area (Å²) in [6.07, 6.45) is -0.735. The second-order valence-corrected chi connectivity index (χ2v) is 9.98. The van der Waals surface area contributed by atoms with Gasteiger partial charge in [0.15, 0.2) is 0 Å². The van der Waals surface area contributed by atoms with Gasteiger partial charge < -0.3 is 20.2 Å². The molecule has 0 bridgehead atoms. The Hall–Kier alpha value is -2.81. The molecule has 2 aromatic rings. The van der Waals surface area contributed by atoms with E-state index in [1.807, 2.05) is 21.9 Å². The van der Waals surface area contributed by atoms with Gasteiger partial charge in [-0.15, -0.1) is 0 Å². The van der Waals surface area contributed by atoms with Gasteiger partial charge in [-0.25, -0.2) is 4.98 Å². The first-order valence-corrected chi connectivity index (χ1v) is 12.2. The van der Waals surface area contributed by atoms with E-state index in [4.69, 9.17) is 0 Å². The number of nitrogens with one attached hydrogen (secondary N) is 1. The number of alkyl halides is 3. The molecule has 1 saturated heterocycles. The molecule has 0 spiro atoms. The fourth-order valence-electron chi connectivity index (χ4n) is 5.31. The van der Waals surface area contributed by atoms with Gasteiger partial charge in [-0.3, -0.25) is 4.79 Å². The zero-order valence-corrected chi connectivity index (χ0v) is 20.2. The highest BCUT2D eigenvalue weighted by Gasteiger charge is 2.49. The lowest BCUT2D eigenvalue weighted by molar-refractivity contribution is -0.145. The van der Waals surface area contributed by atoms with E-state index in [0.717, 1.165) is 37.0 Å². The number of anilines is 1. The lowest BCUT2D eigenvalue weighted by atomic mass is 9.74. The van der Waals surface area contributed by atoms with E-state index in [1.54, 1.807) is 12.1 Å². The molecule has 9 heteroatoms. The molecule has 4 rings (SSSR count). The molecule has 1 aromatic carbocycles. The lowest BCUT2D eigenvalue weighted by Crippen LogP contribution is -2.54. The van der Waals surface area contributed by atoms with Gasteiger partial charge in [0, 0.05) is 45.0 Å². The molecule has 1 aliphatic carbocycles. The number of rotatable bonds is 6. The molecule has 2 heterocycles. The maximum absolute atomic E-state index is 13.7. The van der Waals surface area contributed by atoms with Gasteiger partial charge >= 0.3 is 6.18 Å². The number of phenolic OH excluding ortho intramolecular Hbond substituents is 1. The number of phenols is 1. The van der Waals surface area contributed by atoms with Gasteiger partial charge in [0.05, 0.1) is 11.0 Å². The number of halogens is 3. The van der Waals surface area contributed by atoms with Crippen LogP contribution in [0.15, 0.2) is 42.6 Å². The second-order valence-electron chi connectivity index (χ2n) is 9.98. The molecule has 2 atom stereocenters. The molecule has 0 unspecified atom stereocenters. The summed E-state index contributed by atoms with van der Waals surface area (Å²) in [5.41, 5.74) is -0.0736. The highest BCUT2D eigenvalue weighted by Crippen LogP contribution is 2.46. The van der Waals surface area contributed by atoms with Crippen LogP contribution in [0.1, 0.15) is 44.2 Å². The molecule has 190 valence electrons. The number of amides is 1. The second kappa shape index (κ2) is 10.0. The highest BCUT2D eigenvalue weighted by atomic mass is 19.4. The average Bonchev–Trinajstić information content (AvgIpc) is 3.29. The molecule has 0 radical (unpaired) electrons. The monoisotopic (exact) mass is 490 g/mol. The number of pyridine rings is 1. The quantitative estimate of drug-likeness (QED) is 0.627. The highest BCUT2D eigenvalue weighted by molar-refractivity contribution is 5.84. The summed E-state index contributed by atoms with van der Waals surface area (Å²) in [4.78, 5) is 21.6. The Balaban J connectivity index is 1.36. The minimum atomic E-state index is -4.41. The molecular weight excluding hydrogens is 457 g/mol. The number of aromatic hydroxyl groups is 1. The fourth-order valence-corrected chi connectivity index (χ4v) is 5.31. The normalized spacial score (nSPS) is 23.2. The zero-order chi connectivity index (χ0) is 25.2. The number of carbonyl (C=O) groups excluding carboxylic acids is 1. The topological polar surface area (TPSA) is 68.7 Å². The van der Waals surface area contributed by atoms with Crippen molar-refractivity contribution in [2.45, 2.75) is 51.9 Å². The number of benzene rings is 1. The number of piperazine rings is 1. The summed E-state index contributed by atoms with van der Waals surface area (Å²) in [7, 11) is 0. The Kier molecular flexibility index (Phi) is 7.26. The molecular formula is C26H33F3N4O2. The fraction of sp³-hybridized carbons (Fsp3) is 0.538. The first kappa shape index (κ1) is 25.3. The molecule has 1 saturated carbocycles. The SMILES string of the molecule is CC(C)[C@]1(C(=O)N2CCN(c3cc(C(F)(F)F)ccn3)CC2)CC[C@@H](NCc2ccc(O)cc2)C1. The van der Waals surface area contributed by atoms with Crippen molar-refractivity contribution in [1.82, 2.24) is 15.2 Å². The van der Waals surface area contributed by atoms with Crippen molar-refractivity contribution in [2.24, 2.45) is 11.3 Å². The summed E-state index contributed by atoms with van der Waals surface area (Å²) in [5, 5.41) is 13.0. The number of aromatic nitrogens is 1. The van der Waals surface area contributed by atoms with E-state index >= 15 is 0 Å². The van der Waals surface area contributed by atoms with Gasteiger partial charge in [-0.2, -0.15) is 13.2 Å². The molecule has 2 fully saturated rings. The van der Waals surface area contributed by atoms with Crippen LogP contribution in [-0.4, -0.2) is 53.1 Å². The largest absolute Gasteiger partial charge is 0.508 e. The predicted molar refractivity (Wildman–Crippen MR) is 128 cm³/mol. The van der Waals surface area contributed by atoms with Gasteiger partial charge in [-0.1, -0.05) is 26.0 Å². The maximum Gasteiger partial charge on any atom is 0.416 e. The van der Waals surface area contributed by atoms with Crippen molar-refractivity contribution in [3.63, 3.8) is 0 Å². The minimum absolute atomic E-state index is 0.151. The summed E-state index contributed by atoms with van der Waals surface area (Å²) in [6.45, 7) is 6.73. The summed E-state index contributed by atoms with van der Waals surface area (Å²) >= 11 is 0. The Morgan fingerprint density at radius 1 is 1.17 bits per heavy atom. The smallest absolute Gasteiger partial charge is 0.416 e. The lowest BCUT2D eigenvalue weighted by Gasteiger charge is -2.42. The van der Waals surface area contributed by atoms with Crippen molar-refractivity contribution in [3.8, 4) is 5.75 Å². The maximum atomic E-state index is 13.7. The Morgan fingerprint density at radius 2 is 1.86 bits per heavy atom. The van der Waals surface area contributed by atoms with E-state index in [9.17, 15) is 23.1 Å². The molecule has 35 heavy (non-hydrogen) atoms. The number of hydrogen-bond acceptors (Lipinski definition) is 5. The third kappa shape index (κ3) is 5.55. The van der Waals surface area contributed by atoms with Gasteiger partial charge in [-0.05, 0) is 55.0 Å². The van der Waals surface area contributed by atoms with Gasteiger partial charge in [0.2, 0.25) is 5.91 Å². The molecule has 1 aromatic heterocycles. The van der Waals surface area contributed by atoms with Crippen molar-refractivity contribution in [1.29, 1.82) is 0 Å². The average molecular weight is 491 g/mol. The first-order chi connectivity index (χ1) is 16.6. The van der Waals surface area contributed by atoms with Crippen molar-refractivity contribution in [2.75, 3.05) is 31.1 Å². The molecule has 1 aliphatic heterocycles. The first-order valence-electron chi connectivity index (χ1n) is 12.2. The van der Waals surface area contributed by atoms with Crippen LogP contribution in [0.25, 0.3) is 0 Å². The van der Waals surface area contributed by atoms with Crippen LogP contribution in [0.2, 0.25) is 0 Å². The summed E-state index contributed by atoms with van der Waals surface area (Å²) in [5.74, 6) is 0.865. The Bertz CT molecular complexity index is 1020. The number of nitrogens with zero attached hydrogens (tertiary/aromatic N) is 3. The van der Waals surface area contributed by atoms with E-state index in [-0.39, 0.29) is 23.6 Å². The predicted octanol–water partition coefficient (Wildman–Crippen LogP) is 4.44. The molecule has 1 amide bonds.